The van der Waals surface area contributed by atoms with Gasteiger partial charge in [-0.1, -0.05) is 12.1 Å². The van der Waals surface area contributed by atoms with E-state index >= 15 is 0 Å². The van der Waals surface area contributed by atoms with Gasteiger partial charge in [-0.05, 0) is 30.5 Å². The number of hydrogen-bond acceptors (Lipinski definition) is 2. The van der Waals surface area contributed by atoms with E-state index in [2.05, 4.69) is 11.1 Å². The van der Waals surface area contributed by atoms with Crippen molar-refractivity contribution in [2.24, 2.45) is 16.6 Å². The van der Waals surface area contributed by atoms with E-state index in [4.69, 9.17) is 11.0 Å². The lowest BCUT2D eigenvalue weighted by Gasteiger charge is -1.99. The van der Waals surface area contributed by atoms with E-state index in [1.165, 1.54) is 12.8 Å². The summed E-state index contributed by atoms with van der Waals surface area (Å²) in [6.45, 7) is 0.619. The highest BCUT2D eigenvalue weighted by atomic mass is 14.9. The van der Waals surface area contributed by atoms with Crippen LogP contribution in [0.5, 0.6) is 0 Å². The van der Waals surface area contributed by atoms with Crippen molar-refractivity contribution in [3.8, 4) is 6.07 Å². The molecule has 1 aliphatic rings. The van der Waals surface area contributed by atoms with Crippen LogP contribution in [0.3, 0.4) is 0 Å². The maximum atomic E-state index is 8.63. The predicted molar refractivity (Wildman–Crippen MR) is 59.2 cm³/mol. The molecular formula is C12H13N3. The summed E-state index contributed by atoms with van der Waals surface area (Å²) in [6, 6.07) is 9.53. The van der Waals surface area contributed by atoms with Gasteiger partial charge in [0.2, 0.25) is 0 Å². The monoisotopic (exact) mass is 199 g/mol. The number of benzene rings is 1. The summed E-state index contributed by atoms with van der Waals surface area (Å²) < 4.78 is 0. The third-order valence-electron chi connectivity index (χ3n) is 2.52. The molecule has 0 saturated heterocycles. The van der Waals surface area contributed by atoms with E-state index < -0.39 is 0 Å². The molecule has 1 saturated carbocycles. The van der Waals surface area contributed by atoms with E-state index in [1.807, 2.05) is 12.1 Å². The average molecular weight is 199 g/mol. The predicted octanol–water partition coefficient (Wildman–Crippen LogP) is 1.83. The normalized spacial score (nSPS) is 16.1. The molecule has 3 nitrogen and oxygen atoms in total. The number of hydrogen-bond donors (Lipinski definition) is 1. The Morgan fingerprint density at radius 3 is 2.60 bits per heavy atom. The fourth-order valence-electron chi connectivity index (χ4n) is 1.38. The first-order valence-corrected chi connectivity index (χ1v) is 5.08. The topological polar surface area (TPSA) is 62.2 Å². The molecule has 0 spiro atoms. The van der Waals surface area contributed by atoms with Crippen molar-refractivity contribution in [1.29, 1.82) is 5.26 Å². The Balaban J connectivity index is 1.99. The second kappa shape index (κ2) is 4.14. The fraction of sp³-hybridized carbons (Fsp3) is 0.333. The molecule has 3 heteroatoms. The minimum Gasteiger partial charge on any atom is -0.387 e. The highest BCUT2D eigenvalue weighted by molar-refractivity contribution is 5.84. The van der Waals surface area contributed by atoms with Gasteiger partial charge in [0.05, 0.1) is 24.0 Å². The van der Waals surface area contributed by atoms with Gasteiger partial charge >= 0.3 is 0 Å². The van der Waals surface area contributed by atoms with E-state index in [0.717, 1.165) is 11.4 Å². The number of rotatable bonds is 3. The Bertz CT molecular complexity index is 407. The molecule has 0 heterocycles. The van der Waals surface area contributed by atoms with Crippen LogP contribution in [0.1, 0.15) is 24.0 Å². The van der Waals surface area contributed by atoms with Crippen molar-refractivity contribution in [1.82, 2.24) is 0 Å². The first-order chi connectivity index (χ1) is 7.29. The fourth-order valence-corrected chi connectivity index (χ4v) is 1.38. The largest absolute Gasteiger partial charge is 0.387 e. The van der Waals surface area contributed by atoms with Gasteiger partial charge in [0, 0.05) is 5.92 Å². The SMILES string of the molecule is N#Cc1ccc(CN=C(N)C2CC2)cc1. The minimum atomic E-state index is 0.531. The molecule has 1 fully saturated rings. The Kier molecular flexibility index (Phi) is 2.68. The number of nitrogens with two attached hydrogens (primary N) is 1. The smallest absolute Gasteiger partial charge is 0.0991 e. The molecule has 0 radical (unpaired) electrons. The van der Waals surface area contributed by atoms with Crippen molar-refractivity contribution in [3.05, 3.63) is 35.4 Å². The van der Waals surface area contributed by atoms with Crippen LogP contribution in [-0.4, -0.2) is 5.84 Å². The summed E-state index contributed by atoms with van der Waals surface area (Å²) in [5.74, 6) is 1.31. The second-order valence-electron chi connectivity index (χ2n) is 3.82. The lowest BCUT2D eigenvalue weighted by Crippen LogP contribution is -2.14. The van der Waals surface area contributed by atoms with Crippen molar-refractivity contribution >= 4 is 5.84 Å². The van der Waals surface area contributed by atoms with Gasteiger partial charge in [-0.3, -0.25) is 4.99 Å². The minimum absolute atomic E-state index is 0.531. The van der Waals surface area contributed by atoms with Crippen LogP contribution in [0, 0.1) is 17.2 Å². The van der Waals surface area contributed by atoms with Crippen LogP contribution in [0.2, 0.25) is 0 Å². The van der Waals surface area contributed by atoms with Crippen molar-refractivity contribution < 1.29 is 0 Å². The summed E-state index contributed by atoms with van der Waals surface area (Å²) in [4.78, 5) is 4.32. The van der Waals surface area contributed by atoms with Gasteiger partial charge in [0.15, 0.2) is 0 Å². The first kappa shape index (κ1) is 9.72. The molecule has 0 atom stereocenters. The summed E-state index contributed by atoms with van der Waals surface area (Å²) in [7, 11) is 0. The molecule has 15 heavy (non-hydrogen) atoms. The molecule has 1 aliphatic carbocycles. The molecule has 0 aliphatic heterocycles. The lowest BCUT2D eigenvalue weighted by atomic mass is 10.1. The zero-order valence-corrected chi connectivity index (χ0v) is 8.48. The van der Waals surface area contributed by atoms with Gasteiger partial charge < -0.3 is 5.73 Å². The van der Waals surface area contributed by atoms with Crippen LogP contribution in [0.25, 0.3) is 0 Å². The van der Waals surface area contributed by atoms with Crippen LogP contribution in [-0.2, 0) is 6.54 Å². The van der Waals surface area contributed by atoms with E-state index in [1.54, 1.807) is 12.1 Å². The Hall–Kier alpha value is -1.82. The van der Waals surface area contributed by atoms with Crippen molar-refractivity contribution in [2.45, 2.75) is 19.4 Å². The van der Waals surface area contributed by atoms with Gasteiger partial charge in [-0.25, -0.2) is 0 Å². The zero-order valence-electron chi connectivity index (χ0n) is 8.48. The van der Waals surface area contributed by atoms with E-state index in [-0.39, 0.29) is 0 Å². The third kappa shape index (κ3) is 2.57. The highest BCUT2D eigenvalue weighted by Crippen LogP contribution is 2.28. The second-order valence-corrected chi connectivity index (χ2v) is 3.82. The van der Waals surface area contributed by atoms with Crippen LogP contribution in [0.15, 0.2) is 29.3 Å². The zero-order chi connectivity index (χ0) is 10.7. The van der Waals surface area contributed by atoms with Crippen molar-refractivity contribution in [3.63, 3.8) is 0 Å². The summed E-state index contributed by atoms with van der Waals surface area (Å²) in [5, 5.41) is 8.63. The average Bonchev–Trinajstić information content (AvgIpc) is 3.10. The first-order valence-electron chi connectivity index (χ1n) is 5.08. The number of aliphatic imine (C=N–C) groups is 1. The summed E-state index contributed by atoms with van der Waals surface area (Å²) in [6.07, 6.45) is 2.37. The third-order valence-corrected chi connectivity index (χ3v) is 2.52. The molecule has 1 aromatic carbocycles. The number of nitrogens with zero attached hydrogens (tertiary/aromatic N) is 2. The molecule has 2 N–H and O–H groups in total. The molecule has 1 aromatic rings. The molecule has 0 amide bonds. The van der Waals surface area contributed by atoms with Crippen molar-refractivity contribution in [2.75, 3.05) is 0 Å². The quantitative estimate of drug-likeness (QED) is 0.596. The van der Waals surface area contributed by atoms with Crippen LogP contribution in [0.4, 0.5) is 0 Å². The molecule has 0 unspecified atom stereocenters. The maximum absolute atomic E-state index is 8.63. The molecule has 76 valence electrons. The Morgan fingerprint density at radius 2 is 2.07 bits per heavy atom. The molecule has 0 aromatic heterocycles. The van der Waals surface area contributed by atoms with E-state index in [9.17, 15) is 0 Å². The van der Waals surface area contributed by atoms with Crippen LogP contribution >= 0.6 is 0 Å². The molecule has 0 bridgehead atoms. The summed E-state index contributed by atoms with van der Waals surface area (Å²) >= 11 is 0. The van der Waals surface area contributed by atoms with Gasteiger partial charge in [0.25, 0.3) is 0 Å². The standard InChI is InChI=1S/C12H13N3/c13-7-9-1-3-10(4-2-9)8-15-12(14)11-5-6-11/h1-4,11H,5-6,8H2,(H2,14,15). The van der Waals surface area contributed by atoms with Gasteiger partial charge in [-0.2, -0.15) is 5.26 Å². The summed E-state index contributed by atoms with van der Waals surface area (Å²) in [5.41, 5.74) is 7.55. The lowest BCUT2D eigenvalue weighted by molar-refractivity contribution is 1.02. The molecule has 2 rings (SSSR count). The molecular weight excluding hydrogens is 186 g/mol. The number of nitriles is 1. The Labute approximate surface area is 89.2 Å². The maximum Gasteiger partial charge on any atom is 0.0991 e. The number of amidine groups is 1. The van der Waals surface area contributed by atoms with Gasteiger partial charge in [0.1, 0.15) is 0 Å². The Morgan fingerprint density at radius 1 is 1.40 bits per heavy atom. The van der Waals surface area contributed by atoms with E-state index in [0.29, 0.717) is 18.0 Å². The highest BCUT2D eigenvalue weighted by Gasteiger charge is 2.24. The van der Waals surface area contributed by atoms with Gasteiger partial charge in [-0.15, -0.1) is 0 Å². The van der Waals surface area contributed by atoms with Crippen LogP contribution < -0.4 is 5.73 Å².